The summed E-state index contributed by atoms with van der Waals surface area (Å²) in [6, 6.07) is 1.76. The Hall–Kier alpha value is -0.960. The van der Waals surface area contributed by atoms with Gasteiger partial charge in [-0.1, -0.05) is 11.6 Å². The van der Waals surface area contributed by atoms with Gasteiger partial charge in [-0.3, -0.25) is 0 Å². The van der Waals surface area contributed by atoms with E-state index in [1.807, 2.05) is 7.05 Å². The molecule has 75 valence electrons. The van der Waals surface area contributed by atoms with Gasteiger partial charge in [-0.25, -0.2) is 4.98 Å². The molecule has 1 aromatic heterocycles. The third kappa shape index (κ3) is 1.64. The minimum atomic E-state index is 0.0116. The lowest BCUT2D eigenvalue weighted by Gasteiger charge is -2.24. The average Bonchev–Trinajstić information content (AvgIpc) is 2.17. The second-order valence-corrected chi connectivity index (χ2v) is 3.68. The Morgan fingerprint density at radius 2 is 2.50 bits per heavy atom. The summed E-state index contributed by atoms with van der Waals surface area (Å²) in [6.07, 6.45) is 1.78. The molecule has 1 aromatic rings. The van der Waals surface area contributed by atoms with E-state index in [0.717, 1.165) is 30.0 Å². The lowest BCUT2D eigenvalue weighted by molar-refractivity contribution is 0.215. The molecule has 1 N–H and O–H groups in total. The fraction of sp³-hybridized carbons (Fsp3) is 0.400. The predicted molar refractivity (Wildman–Crippen MR) is 56.9 cm³/mol. The number of fused-ring (bicyclic) bond motifs is 1. The summed E-state index contributed by atoms with van der Waals surface area (Å²) in [6.45, 7) is 3.88. The quantitative estimate of drug-likeness (QED) is 0.724. The van der Waals surface area contributed by atoms with Crippen molar-refractivity contribution in [2.24, 2.45) is 0 Å². The molecular formula is C10H12ClN2O. The van der Waals surface area contributed by atoms with Crippen LogP contribution in [0, 0.1) is 6.92 Å². The van der Waals surface area contributed by atoms with Gasteiger partial charge >= 0.3 is 0 Å². The van der Waals surface area contributed by atoms with Crippen molar-refractivity contribution in [2.45, 2.75) is 18.9 Å². The fourth-order valence-electron chi connectivity index (χ4n) is 1.56. The fourth-order valence-corrected chi connectivity index (χ4v) is 1.77. The molecule has 0 spiro atoms. The molecule has 0 saturated carbocycles. The van der Waals surface area contributed by atoms with Gasteiger partial charge in [0, 0.05) is 13.1 Å². The zero-order valence-electron chi connectivity index (χ0n) is 8.01. The maximum absolute atomic E-state index is 5.87. The van der Waals surface area contributed by atoms with E-state index in [1.54, 1.807) is 6.07 Å². The van der Waals surface area contributed by atoms with E-state index in [1.165, 1.54) is 0 Å². The first-order chi connectivity index (χ1) is 6.70. The van der Waals surface area contributed by atoms with Crippen LogP contribution < -0.4 is 10.1 Å². The van der Waals surface area contributed by atoms with Crippen LogP contribution in [0.15, 0.2) is 6.07 Å². The van der Waals surface area contributed by atoms with E-state index in [2.05, 4.69) is 17.2 Å². The molecule has 0 unspecified atom stereocenters. The number of ether oxygens (including phenoxy) is 1. The summed E-state index contributed by atoms with van der Waals surface area (Å²) in [5.74, 6) is 0.795. The van der Waals surface area contributed by atoms with Crippen LogP contribution in [-0.4, -0.2) is 18.1 Å². The Balaban J connectivity index is 2.47. The van der Waals surface area contributed by atoms with Crippen LogP contribution in [-0.2, 0) is 6.42 Å². The summed E-state index contributed by atoms with van der Waals surface area (Å²) in [5.41, 5.74) is 1.80. The van der Waals surface area contributed by atoms with Crippen LogP contribution in [0.25, 0.3) is 0 Å². The van der Waals surface area contributed by atoms with Gasteiger partial charge in [-0.2, -0.15) is 0 Å². The monoisotopic (exact) mass is 211 g/mol. The number of nitrogens with zero attached hydrogens (tertiary/aromatic N) is 1. The molecule has 0 aliphatic carbocycles. The molecule has 0 saturated heterocycles. The number of aromatic nitrogens is 1. The smallest absolute Gasteiger partial charge is 0.164 e. The summed E-state index contributed by atoms with van der Waals surface area (Å²) < 4.78 is 5.61. The van der Waals surface area contributed by atoms with Crippen molar-refractivity contribution in [3.8, 4) is 5.75 Å². The van der Waals surface area contributed by atoms with Gasteiger partial charge in [0.1, 0.15) is 5.15 Å². The summed E-state index contributed by atoms with van der Waals surface area (Å²) in [7, 11) is 1.84. The van der Waals surface area contributed by atoms with Gasteiger partial charge in [0.25, 0.3) is 0 Å². The van der Waals surface area contributed by atoms with E-state index in [9.17, 15) is 0 Å². The molecule has 0 amide bonds. The number of nitrogens with one attached hydrogen (secondary N) is 1. The van der Waals surface area contributed by atoms with Crippen molar-refractivity contribution in [1.29, 1.82) is 0 Å². The summed E-state index contributed by atoms with van der Waals surface area (Å²) in [4.78, 5) is 4.23. The topological polar surface area (TPSA) is 34.2 Å². The molecule has 2 rings (SSSR count). The maximum atomic E-state index is 5.87. The van der Waals surface area contributed by atoms with E-state index in [4.69, 9.17) is 16.3 Å². The predicted octanol–water partition coefficient (Wildman–Crippen LogP) is 2.30. The second kappa shape index (κ2) is 3.65. The Morgan fingerprint density at radius 1 is 1.71 bits per heavy atom. The molecule has 14 heavy (non-hydrogen) atoms. The normalized spacial score (nSPS) is 19.8. The number of hydrogen-bond donors (Lipinski definition) is 1. The van der Waals surface area contributed by atoms with Crippen LogP contribution in [0.1, 0.15) is 12.1 Å². The highest BCUT2D eigenvalue weighted by molar-refractivity contribution is 6.29. The highest BCUT2D eigenvalue weighted by atomic mass is 35.5. The molecule has 3 nitrogen and oxygen atoms in total. The number of halogens is 1. The molecule has 0 aromatic carbocycles. The largest absolute Gasteiger partial charge is 0.486 e. The molecule has 1 aliphatic heterocycles. The summed E-state index contributed by atoms with van der Waals surface area (Å²) in [5, 5.41) is 3.54. The molecule has 1 radical (unpaired) electrons. The van der Waals surface area contributed by atoms with Crippen LogP contribution in [0.2, 0.25) is 5.15 Å². The number of pyridine rings is 1. The van der Waals surface area contributed by atoms with Crippen molar-refractivity contribution in [2.75, 3.05) is 12.4 Å². The van der Waals surface area contributed by atoms with Gasteiger partial charge in [0.2, 0.25) is 0 Å². The van der Waals surface area contributed by atoms with Gasteiger partial charge in [0.15, 0.2) is 5.75 Å². The van der Waals surface area contributed by atoms with E-state index < -0.39 is 0 Å². The lowest BCUT2D eigenvalue weighted by Crippen LogP contribution is -2.21. The van der Waals surface area contributed by atoms with E-state index in [-0.39, 0.29) is 6.10 Å². The lowest BCUT2D eigenvalue weighted by atomic mass is 10.1. The third-order valence-electron chi connectivity index (χ3n) is 2.27. The number of rotatable bonds is 1. The zero-order valence-corrected chi connectivity index (χ0v) is 8.77. The summed E-state index contributed by atoms with van der Waals surface area (Å²) >= 11 is 5.87. The molecular weight excluding hydrogens is 200 g/mol. The molecule has 0 fully saturated rings. The highest BCUT2D eigenvalue weighted by Crippen LogP contribution is 2.35. The van der Waals surface area contributed by atoms with Crippen LogP contribution >= 0.6 is 11.6 Å². The zero-order chi connectivity index (χ0) is 10.1. The Bertz CT molecular complexity index is 337. The van der Waals surface area contributed by atoms with Crippen molar-refractivity contribution in [3.63, 3.8) is 0 Å². The number of anilines is 1. The Morgan fingerprint density at radius 3 is 3.21 bits per heavy atom. The first-order valence-electron chi connectivity index (χ1n) is 4.57. The first-order valence-corrected chi connectivity index (χ1v) is 4.95. The molecule has 1 aliphatic rings. The van der Waals surface area contributed by atoms with Gasteiger partial charge in [0.05, 0.1) is 17.5 Å². The SMILES string of the molecule is [CH2][C@H]1CCc2nc(Cl)cc(NC)c2O1. The van der Waals surface area contributed by atoms with Crippen LogP contribution in [0.3, 0.4) is 0 Å². The number of hydrogen-bond acceptors (Lipinski definition) is 3. The Kier molecular flexibility index (Phi) is 2.50. The second-order valence-electron chi connectivity index (χ2n) is 3.30. The van der Waals surface area contributed by atoms with Crippen molar-refractivity contribution in [3.05, 3.63) is 23.8 Å². The number of aryl methyl sites for hydroxylation is 1. The van der Waals surface area contributed by atoms with Crippen molar-refractivity contribution in [1.82, 2.24) is 4.98 Å². The average molecular weight is 212 g/mol. The van der Waals surface area contributed by atoms with Crippen LogP contribution in [0.4, 0.5) is 5.69 Å². The minimum absolute atomic E-state index is 0.0116. The molecule has 1 atom stereocenters. The standard InChI is InChI=1S/C10H12ClN2O/c1-6-3-4-7-10(14-6)8(12-2)5-9(11)13-7/h5-6H,1,3-4H2,2H3,(H,12,13)/t6-/m0/s1. The minimum Gasteiger partial charge on any atom is -0.486 e. The molecule has 2 heterocycles. The molecule has 4 heteroatoms. The van der Waals surface area contributed by atoms with Crippen molar-refractivity contribution >= 4 is 17.3 Å². The Labute approximate surface area is 88.4 Å². The van der Waals surface area contributed by atoms with Crippen molar-refractivity contribution < 1.29 is 4.74 Å². The first kappa shape index (κ1) is 9.59. The van der Waals surface area contributed by atoms with E-state index >= 15 is 0 Å². The molecule has 0 bridgehead atoms. The highest BCUT2D eigenvalue weighted by Gasteiger charge is 2.20. The third-order valence-corrected chi connectivity index (χ3v) is 2.46. The van der Waals surface area contributed by atoms with Gasteiger partial charge in [-0.15, -0.1) is 0 Å². The van der Waals surface area contributed by atoms with Gasteiger partial charge in [-0.05, 0) is 19.8 Å². The van der Waals surface area contributed by atoms with Gasteiger partial charge < -0.3 is 10.1 Å². The van der Waals surface area contributed by atoms with Crippen LogP contribution in [0.5, 0.6) is 5.75 Å². The maximum Gasteiger partial charge on any atom is 0.164 e. The van der Waals surface area contributed by atoms with E-state index in [0.29, 0.717) is 5.15 Å².